The number of likely N-dealkylation sites (N-methyl/N-ethyl adjacent to an activating group) is 1. The molecular weight excluding hydrogens is 246 g/mol. The number of rotatable bonds is 6. The van der Waals surface area contributed by atoms with Gasteiger partial charge in [-0.05, 0) is 25.8 Å². The maximum Gasteiger partial charge on any atom is 0.311 e. The highest BCUT2D eigenvalue weighted by Crippen LogP contribution is 2.01. The zero-order valence-corrected chi connectivity index (χ0v) is 11.7. The number of nitrogens with zero attached hydrogens (tertiary/aromatic N) is 2. The lowest BCUT2D eigenvalue weighted by molar-refractivity contribution is -0.146. The summed E-state index contributed by atoms with van der Waals surface area (Å²) in [6, 6.07) is 0. The summed E-state index contributed by atoms with van der Waals surface area (Å²) in [6.07, 6.45) is 2.39. The molecule has 1 aliphatic rings. The van der Waals surface area contributed by atoms with Crippen LogP contribution in [0.25, 0.3) is 0 Å². The van der Waals surface area contributed by atoms with E-state index in [1.54, 1.807) is 4.90 Å². The van der Waals surface area contributed by atoms with Crippen LogP contribution >= 0.6 is 0 Å². The fraction of sp³-hybridized carbons (Fsp3) is 0.846. The number of aliphatic hydroxyl groups excluding tert-OH is 1. The third-order valence-corrected chi connectivity index (χ3v) is 3.42. The fourth-order valence-corrected chi connectivity index (χ4v) is 2.10. The highest BCUT2D eigenvalue weighted by molar-refractivity contribution is 6.35. The molecule has 0 aromatic rings. The summed E-state index contributed by atoms with van der Waals surface area (Å²) in [5, 5.41) is 11.3. The molecular formula is C13H25N3O3. The second-order valence-corrected chi connectivity index (χ2v) is 4.77. The Labute approximate surface area is 114 Å². The Morgan fingerprint density at radius 2 is 1.79 bits per heavy atom. The van der Waals surface area contributed by atoms with Gasteiger partial charge in [-0.2, -0.15) is 0 Å². The van der Waals surface area contributed by atoms with Gasteiger partial charge >= 0.3 is 11.8 Å². The van der Waals surface area contributed by atoms with Crippen molar-refractivity contribution in [3.8, 4) is 0 Å². The lowest BCUT2D eigenvalue weighted by Gasteiger charge is -2.33. The molecule has 0 aliphatic carbocycles. The minimum Gasteiger partial charge on any atom is -0.396 e. The van der Waals surface area contributed by atoms with Gasteiger partial charge in [-0.15, -0.1) is 0 Å². The molecule has 0 unspecified atom stereocenters. The van der Waals surface area contributed by atoms with Crippen molar-refractivity contribution in [2.45, 2.75) is 26.2 Å². The van der Waals surface area contributed by atoms with Crippen molar-refractivity contribution in [2.24, 2.45) is 0 Å². The number of amides is 2. The number of aliphatic hydroxyl groups is 1. The molecule has 0 aromatic heterocycles. The Morgan fingerprint density at radius 1 is 1.11 bits per heavy atom. The van der Waals surface area contributed by atoms with E-state index in [1.807, 2.05) is 0 Å². The van der Waals surface area contributed by atoms with Crippen LogP contribution in [0.15, 0.2) is 0 Å². The van der Waals surface area contributed by atoms with Gasteiger partial charge < -0.3 is 20.2 Å². The van der Waals surface area contributed by atoms with E-state index in [1.165, 1.54) is 0 Å². The summed E-state index contributed by atoms with van der Waals surface area (Å²) >= 11 is 0. The van der Waals surface area contributed by atoms with E-state index in [-0.39, 0.29) is 6.61 Å². The first kappa shape index (κ1) is 15.9. The van der Waals surface area contributed by atoms with Gasteiger partial charge in [0, 0.05) is 39.3 Å². The highest BCUT2D eigenvalue weighted by Gasteiger charge is 2.24. The monoisotopic (exact) mass is 271 g/mol. The number of hydrogen-bond donors (Lipinski definition) is 2. The molecule has 1 fully saturated rings. The van der Waals surface area contributed by atoms with Crippen molar-refractivity contribution in [1.29, 1.82) is 0 Å². The normalized spacial score (nSPS) is 16.4. The number of unbranched alkanes of at least 4 members (excludes halogenated alkanes) is 2. The molecule has 2 amide bonds. The number of carbonyl (C=O) groups is 2. The van der Waals surface area contributed by atoms with Crippen LogP contribution in [0.2, 0.25) is 0 Å². The molecule has 1 saturated heterocycles. The van der Waals surface area contributed by atoms with Gasteiger partial charge in [-0.3, -0.25) is 9.59 Å². The van der Waals surface area contributed by atoms with Crippen LogP contribution in [0, 0.1) is 0 Å². The lowest BCUT2D eigenvalue weighted by atomic mass is 10.2. The minimum absolute atomic E-state index is 0.175. The first-order chi connectivity index (χ1) is 9.19. The van der Waals surface area contributed by atoms with E-state index in [0.29, 0.717) is 19.6 Å². The highest BCUT2D eigenvalue weighted by atomic mass is 16.3. The van der Waals surface area contributed by atoms with Crippen LogP contribution in [0.4, 0.5) is 0 Å². The maximum atomic E-state index is 11.9. The van der Waals surface area contributed by atoms with E-state index in [2.05, 4.69) is 17.1 Å². The Bertz CT molecular complexity index is 289. The molecule has 0 saturated carbocycles. The van der Waals surface area contributed by atoms with Crippen molar-refractivity contribution in [3.63, 3.8) is 0 Å². The molecule has 1 rings (SSSR count). The zero-order chi connectivity index (χ0) is 14.1. The summed E-state index contributed by atoms with van der Waals surface area (Å²) < 4.78 is 0. The standard InChI is InChI=1S/C13H25N3O3/c1-2-15-7-9-16(10-8-15)13(19)12(18)14-6-4-3-5-11-17/h17H,2-11H2,1H3,(H,14,18). The van der Waals surface area contributed by atoms with Gasteiger partial charge in [-0.1, -0.05) is 6.92 Å². The van der Waals surface area contributed by atoms with Crippen LogP contribution in [0.5, 0.6) is 0 Å². The molecule has 110 valence electrons. The molecule has 6 heteroatoms. The second-order valence-electron chi connectivity index (χ2n) is 4.77. The molecule has 2 N–H and O–H groups in total. The SMILES string of the molecule is CCN1CCN(C(=O)C(=O)NCCCCCO)CC1. The van der Waals surface area contributed by atoms with Gasteiger partial charge in [0.2, 0.25) is 0 Å². The van der Waals surface area contributed by atoms with Crippen molar-refractivity contribution in [1.82, 2.24) is 15.1 Å². The Balaban J connectivity index is 2.19. The summed E-state index contributed by atoms with van der Waals surface area (Å²) in [5.74, 6) is -0.924. The van der Waals surface area contributed by atoms with Gasteiger partial charge in [0.1, 0.15) is 0 Å². The molecule has 0 radical (unpaired) electrons. The zero-order valence-electron chi connectivity index (χ0n) is 11.7. The molecule has 0 spiro atoms. The summed E-state index contributed by atoms with van der Waals surface area (Å²) in [5.41, 5.74) is 0. The van der Waals surface area contributed by atoms with Crippen molar-refractivity contribution >= 4 is 11.8 Å². The van der Waals surface area contributed by atoms with E-state index in [0.717, 1.165) is 38.9 Å². The van der Waals surface area contributed by atoms with Crippen molar-refractivity contribution < 1.29 is 14.7 Å². The molecule has 0 aromatic carbocycles. The number of nitrogens with one attached hydrogen (secondary N) is 1. The number of carbonyl (C=O) groups excluding carboxylic acids is 2. The van der Waals surface area contributed by atoms with Gasteiger partial charge in [0.25, 0.3) is 0 Å². The Kier molecular flexibility index (Phi) is 7.43. The van der Waals surface area contributed by atoms with Crippen LogP contribution < -0.4 is 5.32 Å². The third-order valence-electron chi connectivity index (χ3n) is 3.42. The van der Waals surface area contributed by atoms with Crippen molar-refractivity contribution in [2.75, 3.05) is 45.9 Å². The smallest absolute Gasteiger partial charge is 0.311 e. The summed E-state index contributed by atoms with van der Waals surface area (Å²) in [4.78, 5) is 27.4. The predicted octanol–water partition coefficient (Wildman–Crippen LogP) is -0.571. The van der Waals surface area contributed by atoms with Gasteiger partial charge in [0.05, 0.1) is 0 Å². The van der Waals surface area contributed by atoms with E-state index >= 15 is 0 Å². The average Bonchev–Trinajstić information content (AvgIpc) is 2.46. The molecule has 1 heterocycles. The first-order valence-corrected chi connectivity index (χ1v) is 7.09. The topological polar surface area (TPSA) is 72.9 Å². The largest absolute Gasteiger partial charge is 0.396 e. The number of hydrogen-bond acceptors (Lipinski definition) is 4. The van der Waals surface area contributed by atoms with Gasteiger partial charge in [0.15, 0.2) is 0 Å². The maximum absolute atomic E-state index is 11.9. The van der Waals surface area contributed by atoms with E-state index < -0.39 is 11.8 Å². The third kappa shape index (κ3) is 5.57. The quantitative estimate of drug-likeness (QED) is 0.501. The lowest BCUT2D eigenvalue weighted by Crippen LogP contribution is -2.52. The first-order valence-electron chi connectivity index (χ1n) is 7.09. The second kappa shape index (κ2) is 8.87. The Hall–Kier alpha value is -1.14. The van der Waals surface area contributed by atoms with Crippen LogP contribution in [0.1, 0.15) is 26.2 Å². The number of piperazine rings is 1. The predicted molar refractivity (Wildman–Crippen MR) is 72.6 cm³/mol. The molecule has 1 aliphatic heterocycles. The van der Waals surface area contributed by atoms with Crippen molar-refractivity contribution in [3.05, 3.63) is 0 Å². The van der Waals surface area contributed by atoms with E-state index in [9.17, 15) is 9.59 Å². The molecule has 0 bridgehead atoms. The molecule has 0 atom stereocenters. The van der Waals surface area contributed by atoms with Crippen LogP contribution in [0.3, 0.4) is 0 Å². The molecule has 6 nitrogen and oxygen atoms in total. The average molecular weight is 271 g/mol. The van der Waals surface area contributed by atoms with Crippen LogP contribution in [-0.4, -0.2) is 72.6 Å². The Morgan fingerprint density at radius 3 is 2.37 bits per heavy atom. The summed E-state index contributed by atoms with van der Waals surface area (Å²) in [6.45, 7) is 6.69. The minimum atomic E-state index is -0.506. The van der Waals surface area contributed by atoms with Crippen LogP contribution in [-0.2, 0) is 9.59 Å². The fourth-order valence-electron chi connectivity index (χ4n) is 2.10. The summed E-state index contributed by atoms with van der Waals surface area (Å²) in [7, 11) is 0. The van der Waals surface area contributed by atoms with Gasteiger partial charge in [-0.25, -0.2) is 0 Å². The molecule has 19 heavy (non-hydrogen) atoms. The van der Waals surface area contributed by atoms with E-state index in [4.69, 9.17) is 5.11 Å².